The number of rotatable bonds is 9. The number of ether oxygens (including phenoxy) is 2. The minimum Gasteiger partial charge on any atom is -0.493 e. The van der Waals surface area contributed by atoms with E-state index in [0.717, 1.165) is 17.3 Å². The quantitative estimate of drug-likeness (QED) is 0.626. The number of allylic oxidation sites excluding steroid dienone is 2. The molecule has 1 heterocycles. The molecular formula is C19H23NO4S. The Hall–Kier alpha value is -2.21. The van der Waals surface area contributed by atoms with E-state index < -0.39 is 4.75 Å². The summed E-state index contributed by atoms with van der Waals surface area (Å²) in [5.74, 6) is 1.11. The number of benzene rings is 1. The summed E-state index contributed by atoms with van der Waals surface area (Å²) >= 11 is 1.08. The molecule has 0 aromatic heterocycles. The summed E-state index contributed by atoms with van der Waals surface area (Å²) in [5.41, 5.74) is 0.966. The van der Waals surface area contributed by atoms with Crippen LogP contribution in [0.3, 0.4) is 0 Å². The van der Waals surface area contributed by atoms with Crippen LogP contribution in [-0.2, 0) is 11.2 Å². The first-order chi connectivity index (χ1) is 12.0. The van der Waals surface area contributed by atoms with Gasteiger partial charge in [0.25, 0.3) is 5.24 Å². The number of hydrogen-bond donors (Lipinski definition) is 0. The Morgan fingerprint density at radius 1 is 1.12 bits per heavy atom. The lowest BCUT2D eigenvalue weighted by Gasteiger charge is -2.22. The van der Waals surface area contributed by atoms with Gasteiger partial charge in [0.1, 0.15) is 4.75 Å². The number of carbonyl (C=O) groups is 2. The highest BCUT2D eigenvalue weighted by Gasteiger charge is 2.50. The van der Waals surface area contributed by atoms with Crippen molar-refractivity contribution in [2.45, 2.75) is 24.0 Å². The van der Waals surface area contributed by atoms with Crippen molar-refractivity contribution >= 4 is 22.9 Å². The molecule has 1 aromatic rings. The summed E-state index contributed by atoms with van der Waals surface area (Å²) in [6.07, 6.45) is 4.80. The van der Waals surface area contributed by atoms with Gasteiger partial charge in [0.15, 0.2) is 11.5 Å². The molecule has 5 nitrogen and oxygen atoms in total. The van der Waals surface area contributed by atoms with Crippen LogP contribution in [0.1, 0.15) is 18.4 Å². The molecule has 6 heteroatoms. The number of nitrogens with zero attached hydrogens (tertiary/aromatic N) is 1. The standard InChI is InChI=1S/C19H23NO4S/c1-5-10-19(11-6-2)17(21)20(18(22)25-19)12-9-14-7-8-15(23-3)16(13-14)24-4/h5-8,13H,1-2,9-12H2,3-4H3. The number of methoxy groups -OCH3 is 2. The molecule has 1 aliphatic heterocycles. The van der Waals surface area contributed by atoms with E-state index in [1.165, 1.54) is 4.90 Å². The van der Waals surface area contributed by atoms with Crippen LogP contribution in [0.25, 0.3) is 0 Å². The predicted octanol–water partition coefficient (Wildman–Crippen LogP) is 3.83. The maximum Gasteiger partial charge on any atom is 0.289 e. The first-order valence-corrected chi connectivity index (χ1v) is 8.80. The van der Waals surface area contributed by atoms with Crippen LogP contribution in [0, 0.1) is 0 Å². The lowest BCUT2D eigenvalue weighted by Crippen LogP contribution is -2.40. The van der Waals surface area contributed by atoms with Crippen molar-refractivity contribution in [2.24, 2.45) is 0 Å². The summed E-state index contributed by atoms with van der Waals surface area (Å²) in [7, 11) is 3.15. The molecule has 0 atom stereocenters. The first-order valence-electron chi connectivity index (χ1n) is 7.99. The molecule has 1 aromatic carbocycles. The van der Waals surface area contributed by atoms with Gasteiger partial charge in [-0.3, -0.25) is 14.5 Å². The Labute approximate surface area is 152 Å². The minimum atomic E-state index is -0.793. The van der Waals surface area contributed by atoms with Gasteiger partial charge in [-0.05, 0) is 48.7 Å². The summed E-state index contributed by atoms with van der Waals surface area (Å²) < 4.78 is 9.71. The summed E-state index contributed by atoms with van der Waals surface area (Å²) in [6.45, 7) is 7.75. The molecule has 25 heavy (non-hydrogen) atoms. The van der Waals surface area contributed by atoms with Crippen LogP contribution in [0.5, 0.6) is 11.5 Å². The molecule has 0 saturated carbocycles. The Kier molecular flexibility index (Phi) is 6.31. The second-order valence-electron chi connectivity index (χ2n) is 5.74. The predicted molar refractivity (Wildman–Crippen MR) is 100 cm³/mol. The summed E-state index contributed by atoms with van der Waals surface area (Å²) in [4.78, 5) is 26.5. The molecule has 2 rings (SSSR count). The highest BCUT2D eigenvalue weighted by Crippen LogP contribution is 2.43. The molecule has 0 spiro atoms. The molecule has 0 radical (unpaired) electrons. The topological polar surface area (TPSA) is 55.8 Å². The van der Waals surface area contributed by atoms with E-state index in [0.29, 0.717) is 37.3 Å². The lowest BCUT2D eigenvalue weighted by atomic mass is 9.98. The van der Waals surface area contributed by atoms with Crippen molar-refractivity contribution < 1.29 is 19.1 Å². The second-order valence-corrected chi connectivity index (χ2v) is 7.08. The molecular weight excluding hydrogens is 338 g/mol. The molecule has 1 saturated heterocycles. The van der Waals surface area contributed by atoms with Gasteiger partial charge in [-0.2, -0.15) is 0 Å². The van der Waals surface area contributed by atoms with Crippen molar-refractivity contribution in [1.82, 2.24) is 4.90 Å². The molecule has 1 fully saturated rings. The van der Waals surface area contributed by atoms with Crippen LogP contribution < -0.4 is 9.47 Å². The lowest BCUT2D eigenvalue weighted by molar-refractivity contribution is -0.129. The Bertz CT molecular complexity index is 676. The SMILES string of the molecule is C=CCC1(CC=C)SC(=O)N(CCc2ccc(OC)c(OC)c2)C1=O. The second kappa shape index (κ2) is 8.25. The maximum atomic E-state index is 12.8. The monoisotopic (exact) mass is 361 g/mol. The largest absolute Gasteiger partial charge is 0.493 e. The van der Waals surface area contributed by atoms with E-state index in [9.17, 15) is 9.59 Å². The molecule has 2 amide bonds. The Morgan fingerprint density at radius 2 is 1.76 bits per heavy atom. The molecule has 134 valence electrons. The molecule has 0 aliphatic carbocycles. The fourth-order valence-electron chi connectivity index (χ4n) is 2.87. The smallest absolute Gasteiger partial charge is 0.289 e. The van der Waals surface area contributed by atoms with Gasteiger partial charge >= 0.3 is 0 Å². The third-order valence-electron chi connectivity index (χ3n) is 4.16. The van der Waals surface area contributed by atoms with Crippen molar-refractivity contribution in [3.8, 4) is 11.5 Å². The van der Waals surface area contributed by atoms with Gasteiger partial charge in [0.05, 0.1) is 14.2 Å². The van der Waals surface area contributed by atoms with Gasteiger partial charge in [-0.25, -0.2) is 0 Å². The zero-order valence-electron chi connectivity index (χ0n) is 14.6. The fourth-order valence-corrected chi connectivity index (χ4v) is 4.09. The van der Waals surface area contributed by atoms with Crippen molar-refractivity contribution in [3.05, 3.63) is 49.1 Å². The number of carbonyl (C=O) groups excluding carboxylic acids is 2. The zero-order valence-corrected chi connectivity index (χ0v) is 15.4. The zero-order chi connectivity index (χ0) is 18.4. The molecule has 1 aliphatic rings. The van der Waals surface area contributed by atoms with E-state index in [1.807, 2.05) is 18.2 Å². The van der Waals surface area contributed by atoms with E-state index in [1.54, 1.807) is 26.4 Å². The average molecular weight is 361 g/mol. The normalized spacial score (nSPS) is 16.0. The highest BCUT2D eigenvalue weighted by atomic mass is 32.2. The van der Waals surface area contributed by atoms with Gasteiger partial charge in [0.2, 0.25) is 5.91 Å². The number of imide groups is 1. The van der Waals surface area contributed by atoms with Gasteiger partial charge in [-0.15, -0.1) is 13.2 Å². The average Bonchev–Trinajstić information content (AvgIpc) is 2.83. The number of thioether (sulfide) groups is 1. The van der Waals surface area contributed by atoms with Crippen LogP contribution in [0.4, 0.5) is 4.79 Å². The van der Waals surface area contributed by atoms with Gasteiger partial charge < -0.3 is 9.47 Å². The fraction of sp³-hybridized carbons (Fsp3) is 0.368. The van der Waals surface area contributed by atoms with Gasteiger partial charge in [-0.1, -0.05) is 18.2 Å². The highest BCUT2D eigenvalue weighted by molar-refractivity contribution is 8.16. The van der Waals surface area contributed by atoms with Crippen molar-refractivity contribution in [3.63, 3.8) is 0 Å². The number of amides is 2. The van der Waals surface area contributed by atoms with Crippen LogP contribution in [-0.4, -0.2) is 41.6 Å². The third kappa shape index (κ3) is 3.90. The van der Waals surface area contributed by atoms with Crippen LogP contribution in [0.2, 0.25) is 0 Å². The summed E-state index contributed by atoms with van der Waals surface area (Å²) in [6, 6.07) is 5.58. The molecule has 0 unspecified atom stereocenters. The van der Waals surface area contributed by atoms with E-state index >= 15 is 0 Å². The van der Waals surface area contributed by atoms with E-state index in [4.69, 9.17) is 9.47 Å². The van der Waals surface area contributed by atoms with E-state index in [2.05, 4.69) is 13.2 Å². The third-order valence-corrected chi connectivity index (χ3v) is 5.45. The van der Waals surface area contributed by atoms with E-state index in [-0.39, 0.29) is 11.1 Å². The van der Waals surface area contributed by atoms with Gasteiger partial charge in [0, 0.05) is 6.54 Å². The van der Waals surface area contributed by atoms with Crippen molar-refractivity contribution in [1.29, 1.82) is 0 Å². The molecule has 0 bridgehead atoms. The first kappa shape index (κ1) is 19.1. The number of hydrogen-bond acceptors (Lipinski definition) is 5. The Balaban J connectivity index is 2.12. The maximum absolute atomic E-state index is 12.8. The summed E-state index contributed by atoms with van der Waals surface area (Å²) in [5, 5.41) is -0.214. The Morgan fingerprint density at radius 3 is 2.32 bits per heavy atom. The molecule has 0 N–H and O–H groups in total. The minimum absolute atomic E-state index is 0.164. The van der Waals surface area contributed by atoms with Crippen molar-refractivity contribution in [2.75, 3.05) is 20.8 Å². The van der Waals surface area contributed by atoms with Crippen LogP contribution >= 0.6 is 11.8 Å². The van der Waals surface area contributed by atoms with Crippen LogP contribution in [0.15, 0.2) is 43.5 Å².